The molecule has 0 radical (unpaired) electrons. The number of carbonyl (C=O) groups is 1. The highest BCUT2D eigenvalue weighted by molar-refractivity contribution is 7.98. The number of rotatable bonds is 4. The van der Waals surface area contributed by atoms with E-state index in [1.54, 1.807) is 29.6 Å². The van der Waals surface area contributed by atoms with Crippen LogP contribution in [0.3, 0.4) is 0 Å². The van der Waals surface area contributed by atoms with Crippen molar-refractivity contribution in [2.24, 2.45) is 0 Å². The van der Waals surface area contributed by atoms with Gasteiger partial charge in [0.1, 0.15) is 5.82 Å². The van der Waals surface area contributed by atoms with Gasteiger partial charge in [-0.3, -0.25) is 9.59 Å². The fourth-order valence-corrected chi connectivity index (χ4v) is 3.68. The number of ketones is 1. The van der Waals surface area contributed by atoms with Crippen molar-refractivity contribution in [3.8, 4) is 0 Å². The van der Waals surface area contributed by atoms with Crippen LogP contribution in [0, 0.1) is 0 Å². The first-order valence-corrected chi connectivity index (χ1v) is 9.05. The average molecular weight is 362 g/mol. The lowest BCUT2D eigenvalue weighted by molar-refractivity contribution is -0.114. The maximum Gasteiger partial charge on any atom is 0.283 e. The Morgan fingerprint density at radius 1 is 1.42 bits per heavy atom. The number of nitrogen functional groups attached to an aromatic ring is 1. The molecule has 0 aliphatic heterocycles. The van der Waals surface area contributed by atoms with E-state index in [1.807, 2.05) is 6.26 Å². The van der Waals surface area contributed by atoms with Gasteiger partial charge in [0.05, 0.1) is 12.2 Å². The van der Waals surface area contributed by atoms with Crippen molar-refractivity contribution in [1.82, 2.24) is 13.8 Å². The molecule has 0 spiro atoms. The van der Waals surface area contributed by atoms with Crippen molar-refractivity contribution in [3.63, 3.8) is 0 Å². The van der Waals surface area contributed by atoms with Crippen molar-refractivity contribution < 1.29 is 9.53 Å². The molecule has 2 aromatic heterocycles. The van der Waals surface area contributed by atoms with Gasteiger partial charge in [-0.15, -0.1) is 0 Å². The van der Waals surface area contributed by atoms with E-state index in [0.29, 0.717) is 22.3 Å². The third-order valence-electron chi connectivity index (χ3n) is 3.29. The molecule has 2 aromatic rings. The second kappa shape index (κ2) is 6.62. The van der Waals surface area contributed by atoms with Crippen LogP contribution in [0.4, 0.5) is 5.82 Å². The smallest absolute Gasteiger partial charge is 0.283 e. The zero-order valence-corrected chi connectivity index (χ0v) is 14.6. The number of ether oxygens (including phenoxy) is 1. The van der Waals surface area contributed by atoms with Crippen LogP contribution in [0.25, 0.3) is 11.0 Å². The summed E-state index contributed by atoms with van der Waals surface area (Å²) in [6.07, 6.45) is 8.06. The molecule has 1 aliphatic rings. The van der Waals surface area contributed by atoms with Crippen molar-refractivity contribution in [2.75, 3.05) is 18.6 Å². The predicted molar refractivity (Wildman–Crippen MR) is 95.2 cm³/mol. The van der Waals surface area contributed by atoms with Crippen LogP contribution in [0.5, 0.6) is 0 Å². The molecule has 0 saturated heterocycles. The summed E-state index contributed by atoms with van der Waals surface area (Å²) in [6.45, 7) is 2.18. The van der Waals surface area contributed by atoms with Crippen molar-refractivity contribution in [1.29, 1.82) is 0 Å². The van der Waals surface area contributed by atoms with Crippen LogP contribution < -0.4 is 11.3 Å². The summed E-state index contributed by atoms with van der Waals surface area (Å²) in [4.78, 5) is 28.5. The molecular formula is C15H14N4O3S2. The molecule has 2 N–H and O–H groups in total. The first-order valence-electron chi connectivity index (χ1n) is 7.05. The Hall–Kier alpha value is -2.39. The Labute approximate surface area is 145 Å². The summed E-state index contributed by atoms with van der Waals surface area (Å²) in [5.41, 5.74) is 6.62. The third kappa shape index (κ3) is 2.87. The minimum atomic E-state index is -0.437. The molecule has 2 heterocycles. The molecule has 1 aliphatic carbocycles. The standard InChI is InChI=1S/C15H14N4O3S2/c1-3-22-11-7-8(4-5-10(11)20)6-9-12(16)19-14(17-13(9)21)24-18-15(19)23-2/h4-7H,3,16H2,1-2H3/b8-6+. The van der Waals surface area contributed by atoms with Gasteiger partial charge in [0.2, 0.25) is 10.7 Å². The topological polar surface area (TPSA) is 99.6 Å². The van der Waals surface area contributed by atoms with Crippen molar-refractivity contribution >= 4 is 45.9 Å². The largest absolute Gasteiger partial charge is 0.490 e. The first-order chi connectivity index (χ1) is 11.5. The molecule has 0 saturated carbocycles. The van der Waals surface area contributed by atoms with Gasteiger partial charge in [0, 0.05) is 11.5 Å². The Kier molecular flexibility index (Phi) is 4.54. The van der Waals surface area contributed by atoms with Gasteiger partial charge in [-0.05, 0) is 37.0 Å². The lowest BCUT2D eigenvalue weighted by Crippen LogP contribution is -2.16. The molecule has 7 nitrogen and oxygen atoms in total. The fraction of sp³-hybridized carbons (Fsp3) is 0.200. The molecule has 0 amide bonds. The number of nitrogens with zero attached hydrogens (tertiary/aromatic N) is 3. The van der Waals surface area contributed by atoms with Gasteiger partial charge in [-0.2, -0.15) is 9.36 Å². The molecule has 0 aromatic carbocycles. The molecule has 0 bridgehead atoms. The maximum atomic E-state index is 12.3. The zero-order valence-electron chi connectivity index (χ0n) is 13.0. The Balaban J connectivity index is 2.14. The molecule has 0 atom stereocenters. The summed E-state index contributed by atoms with van der Waals surface area (Å²) < 4.78 is 11.2. The fourth-order valence-electron chi connectivity index (χ4n) is 2.21. The minimum Gasteiger partial charge on any atom is -0.490 e. The molecule has 0 unspecified atom stereocenters. The van der Waals surface area contributed by atoms with Gasteiger partial charge >= 0.3 is 0 Å². The van der Waals surface area contributed by atoms with Gasteiger partial charge < -0.3 is 10.5 Å². The van der Waals surface area contributed by atoms with E-state index >= 15 is 0 Å². The molecule has 24 heavy (non-hydrogen) atoms. The second-order valence-corrected chi connectivity index (χ2v) is 6.29. The summed E-state index contributed by atoms with van der Waals surface area (Å²) >= 11 is 2.53. The summed E-state index contributed by atoms with van der Waals surface area (Å²) in [6, 6.07) is 0. The quantitative estimate of drug-likeness (QED) is 0.829. The summed E-state index contributed by atoms with van der Waals surface area (Å²) in [5.74, 6) is 0.298. The summed E-state index contributed by atoms with van der Waals surface area (Å²) in [5, 5.41) is 0.666. The SMILES string of the molecule is CCOC1=C/C(=C/c2c(N)n3c(SC)nsc3nc2=O)C=CC1=O. The number of hydrogen-bond acceptors (Lipinski definition) is 8. The lowest BCUT2D eigenvalue weighted by Gasteiger charge is -2.10. The molecule has 9 heteroatoms. The number of carbonyl (C=O) groups excluding carboxylic acids is 1. The highest BCUT2D eigenvalue weighted by atomic mass is 32.2. The number of fused-ring (bicyclic) bond motifs is 1. The molecule has 124 valence electrons. The van der Waals surface area contributed by atoms with Crippen LogP contribution in [0.1, 0.15) is 12.5 Å². The Bertz CT molecular complexity index is 969. The second-order valence-electron chi connectivity index (χ2n) is 4.79. The Morgan fingerprint density at radius 3 is 2.92 bits per heavy atom. The van der Waals surface area contributed by atoms with Crippen LogP contribution in [0.15, 0.2) is 39.5 Å². The number of anilines is 1. The first kappa shape index (κ1) is 16.5. The number of allylic oxidation sites excluding steroid dienone is 4. The number of hydrogen-bond donors (Lipinski definition) is 1. The van der Waals surface area contributed by atoms with Gasteiger partial charge in [0.15, 0.2) is 10.9 Å². The molecular weight excluding hydrogens is 348 g/mol. The number of nitrogens with two attached hydrogens (primary N) is 1. The highest BCUT2D eigenvalue weighted by Gasteiger charge is 2.16. The van der Waals surface area contributed by atoms with Crippen LogP contribution in [-0.2, 0) is 9.53 Å². The van der Waals surface area contributed by atoms with E-state index in [0.717, 1.165) is 11.5 Å². The summed E-state index contributed by atoms with van der Waals surface area (Å²) in [7, 11) is 0. The highest BCUT2D eigenvalue weighted by Crippen LogP contribution is 2.24. The van der Waals surface area contributed by atoms with Crippen molar-refractivity contribution in [3.05, 3.63) is 45.5 Å². The monoisotopic (exact) mass is 362 g/mol. The predicted octanol–water partition coefficient (Wildman–Crippen LogP) is 1.90. The number of thioether (sulfide) groups is 1. The van der Waals surface area contributed by atoms with Crippen LogP contribution >= 0.6 is 23.3 Å². The van der Waals surface area contributed by atoms with Crippen LogP contribution in [0.2, 0.25) is 0 Å². The van der Waals surface area contributed by atoms with Crippen molar-refractivity contribution in [2.45, 2.75) is 12.1 Å². The number of aromatic nitrogens is 3. The normalized spacial score (nSPS) is 16.0. The maximum absolute atomic E-state index is 12.3. The molecule has 3 rings (SSSR count). The van der Waals surface area contributed by atoms with E-state index in [9.17, 15) is 9.59 Å². The molecule has 0 fully saturated rings. The van der Waals surface area contributed by atoms with E-state index in [2.05, 4.69) is 9.36 Å². The van der Waals surface area contributed by atoms with Crippen LogP contribution in [-0.4, -0.2) is 32.4 Å². The lowest BCUT2D eigenvalue weighted by atomic mass is 10.0. The van der Waals surface area contributed by atoms with E-state index in [-0.39, 0.29) is 22.9 Å². The van der Waals surface area contributed by atoms with E-state index in [1.165, 1.54) is 17.8 Å². The van der Waals surface area contributed by atoms with Gasteiger partial charge in [-0.25, -0.2) is 4.40 Å². The van der Waals surface area contributed by atoms with Gasteiger partial charge in [-0.1, -0.05) is 17.8 Å². The minimum absolute atomic E-state index is 0.209. The zero-order chi connectivity index (χ0) is 17.3. The van der Waals surface area contributed by atoms with E-state index in [4.69, 9.17) is 10.5 Å². The Morgan fingerprint density at radius 2 is 2.21 bits per heavy atom. The third-order valence-corrected chi connectivity index (χ3v) is 4.75. The average Bonchev–Trinajstić information content (AvgIpc) is 2.97. The van der Waals surface area contributed by atoms with E-state index < -0.39 is 5.56 Å². The van der Waals surface area contributed by atoms with Gasteiger partial charge in [0.25, 0.3) is 5.56 Å².